The first-order chi connectivity index (χ1) is 13.3. The Morgan fingerprint density at radius 3 is 2.81 bits per heavy atom. The third-order valence-electron chi connectivity index (χ3n) is 4.42. The van der Waals surface area contributed by atoms with Gasteiger partial charge in [0.2, 0.25) is 0 Å². The van der Waals surface area contributed by atoms with Crippen molar-refractivity contribution >= 4 is 22.5 Å². The summed E-state index contributed by atoms with van der Waals surface area (Å²) in [6.07, 6.45) is 2.72. The smallest absolute Gasteiger partial charge is 0.195 e. The molecule has 2 heterocycles. The summed E-state index contributed by atoms with van der Waals surface area (Å²) in [7, 11) is 1.75. The van der Waals surface area contributed by atoms with Gasteiger partial charge < -0.3 is 20.1 Å². The number of aromatic nitrogens is 1. The number of pyridine rings is 1. The van der Waals surface area contributed by atoms with Gasteiger partial charge in [0.05, 0.1) is 18.7 Å². The maximum absolute atomic E-state index is 5.75. The van der Waals surface area contributed by atoms with Gasteiger partial charge in [0, 0.05) is 43.4 Å². The van der Waals surface area contributed by atoms with Crippen molar-refractivity contribution in [1.82, 2.24) is 10.3 Å². The van der Waals surface area contributed by atoms with Gasteiger partial charge in [0.1, 0.15) is 0 Å². The minimum atomic E-state index is 0.646. The van der Waals surface area contributed by atoms with E-state index in [4.69, 9.17) is 9.47 Å². The molecule has 6 heteroatoms. The van der Waals surface area contributed by atoms with Crippen LogP contribution in [0.25, 0.3) is 10.9 Å². The van der Waals surface area contributed by atoms with Gasteiger partial charge in [-0.05, 0) is 29.8 Å². The number of anilines is 1. The van der Waals surface area contributed by atoms with E-state index >= 15 is 0 Å². The van der Waals surface area contributed by atoms with Crippen LogP contribution in [0.3, 0.4) is 0 Å². The van der Waals surface area contributed by atoms with Crippen LogP contribution in [0.1, 0.15) is 12.0 Å². The van der Waals surface area contributed by atoms with E-state index in [1.807, 2.05) is 48.7 Å². The van der Waals surface area contributed by atoms with E-state index in [0.717, 1.165) is 34.5 Å². The minimum absolute atomic E-state index is 0.646. The van der Waals surface area contributed by atoms with Crippen LogP contribution in [0.2, 0.25) is 0 Å². The van der Waals surface area contributed by atoms with Gasteiger partial charge in [-0.2, -0.15) is 0 Å². The summed E-state index contributed by atoms with van der Waals surface area (Å²) in [4.78, 5) is 8.72. The molecule has 0 bridgehead atoms. The molecule has 0 aliphatic carbocycles. The van der Waals surface area contributed by atoms with E-state index in [1.165, 1.54) is 5.56 Å². The van der Waals surface area contributed by atoms with E-state index in [2.05, 4.69) is 26.7 Å². The number of nitrogens with one attached hydrogen (secondary N) is 2. The quantitative estimate of drug-likeness (QED) is 0.551. The van der Waals surface area contributed by atoms with Crippen LogP contribution in [0.5, 0.6) is 11.5 Å². The fraction of sp³-hybridized carbons (Fsp3) is 0.238. The SMILES string of the molecule is CN=C(NCc1ccnc2ccccc12)Nc1ccc2c(c1)OCCCO2. The third-order valence-corrected chi connectivity index (χ3v) is 4.42. The van der Waals surface area contributed by atoms with E-state index < -0.39 is 0 Å². The third kappa shape index (κ3) is 3.95. The lowest BCUT2D eigenvalue weighted by atomic mass is 10.1. The van der Waals surface area contributed by atoms with Crippen molar-refractivity contribution < 1.29 is 9.47 Å². The molecule has 0 spiro atoms. The number of ether oxygens (including phenoxy) is 2. The molecule has 4 rings (SSSR count). The molecule has 6 nitrogen and oxygen atoms in total. The first kappa shape index (κ1) is 17.1. The highest BCUT2D eigenvalue weighted by Gasteiger charge is 2.11. The molecule has 0 saturated heterocycles. The highest BCUT2D eigenvalue weighted by Crippen LogP contribution is 2.32. The zero-order valence-corrected chi connectivity index (χ0v) is 15.2. The van der Waals surface area contributed by atoms with Crippen molar-refractivity contribution in [2.75, 3.05) is 25.6 Å². The van der Waals surface area contributed by atoms with Gasteiger partial charge >= 0.3 is 0 Å². The molecule has 0 fully saturated rings. The summed E-state index contributed by atoms with van der Waals surface area (Å²) in [5.41, 5.74) is 3.05. The van der Waals surface area contributed by atoms with Gasteiger partial charge in [0.15, 0.2) is 17.5 Å². The Bertz CT molecular complexity index is 966. The summed E-state index contributed by atoms with van der Waals surface area (Å²) in [6, 6.07) is 16.0. The van der Waals surface area contributed by atoms with E-state index in [-0.39, 0.29) is 0 Å². The monoisotopic (exact) mass is 362 g/mol. The molecule has 138 valence electrons. The lowest BCUT2D eigenvalue weighted by Crippen LogP contribution is -2.30. The van der Waals surface area contributed by atoms with Crippen molar-refractivity contribution in [2.45, 2.75) is 13.0 Å². The second kappa shape index (κ2) is 7.95. The van der Waals surface area contributed by atoms with Crippen LogP contribution >= 0.6 is 0 Å². The number of hydrogen-bond donors (Lipinski definition) is 2. The summed E-state index contributed by atoms with van der Waals surface area (Å²) in [6.45, 7) is 1.99. The number of para-hydroxylation sites is 1. The standard InChI is InChI=1S/C21H22N4O2/c1-22-21(24-14-15-9-10-23-18-6-3-2-5-17(15)18)25-16-7-8-19-20(13-16)27-12-4-11-26-19/h2-3,5-10,13H,4,11-12,14H2,1H3,(H2,22,24,25). The van der Waals surface area contributed by atoms with Gasteiger partial charge in [-0.25, -0.2) is 0 Å². The Hall–Kier alpha value is -3.28. The van der Waals surface area contributed by atoms with Crippen LogP contribution in [0.15, 0.2) is 59.7 Å². The lowest BCUT2D eigenvalue weighted by molar-refractivity contribution is 0.297. The largest absolute Gasteiger partial charge is 0.490 e. The van der Waals surface area contributed by atoms with Crippen molar-refractivity contribution in [3.8, 4) is 11.5 Å². The number of rotatable bonds is 3. The van der Waals surface area contributed by atoms with E-state index in [1.54, 1.807) is 7.05 Å². The average Bonchev–Trinajstić information content (AvgIpc) is 2.96. The number of fused-ring (bicyclic) bond motifs is 2. The van der Waals surface area contributed by atoms with Crippen LogP contribution in [-0.4, -0.2) is 31.2 Å². The number of hydrogen-bond acceptors (Lipinski definition) is 4. The van der Waals surface area contributed by atoms with Crippen molar-refractivity contribution in [2.24, 2.45) is 4.99 Å². The first-order valence-electron chi connectivity index (χ1n) is 9.03. The molecule has 1 aliphatic rings. The molecular weight excluding hydrogens is 340 g/mol. The van der Waals surface area contributed by atoms with Crippen molar-refractivity contribution in [3.63, 3.8) is 0 Å². The lowest BCUT2D eigenvalue weighted by Gasteiger charge is -2.14. The molecule has 0 saturated carbocycles. The van der Waals surface area contributed by atoms with E-state index in [0.29, 0.717) is 25.7 Å². The fourth-order valence-electron chi connectivity index (χ4n) is 3.05. The summed E-state index contributed by atoms with van der Waals surface area (Å²) in [5, 5.41) is 7.80. The summed E-state index contributed by atoms with van der Waals surface area (Å²) in [5.74, 6) is 2.22. The predicted molar refractivity (Wildman–Crippen MR) is 108 cm³/mol. The number of aliphatic imine (C=N–C) groups is 1. The fourth-order valence-corrected chi connectivity index (χ4v) is 3.05. The molecule has 3 aromatic rings. The topological polar surface area (TPSA) is 67.8 Å². The Balaban J connectivity index is 1.46. The van der Waals surface area contributed by atoms with E-state index in [9.17, 15) is 0 Å². The van der Waals surface area contributed by atoms with Crippen LogP contribution in [0.4, 0.5) is 5.69 Å². The zero-order valence-electron chi connectivity index (χ0n) is 15.2. The van der Waals surface area contributed by atoms with Gasteiger partial charge in [-0.15, -0.1) is 0 Å². The molecule has 2 N–H and O–H groups in total. The molecule has 0 radical (unpaired) electrons. The highest BCUT2D eigenvalue weighted by molar-refractivity contribution is 5.94. The van der Waals surface area contributed by atoms with Crippen molar-refractivity contribution in [3.05, 3.63) is 60.3 Å². The van der Waals surface area contributed by atoms with Crippen LogP contribution < -0.4 is 20.1 Å². The molecule has 0 amide bonds. The molecule has 0 unspecified atom stereocenters. The summed E-state index contributed by atoms with van der Waals surface area (Å²) >= 11 is 0. The second-order valence-corrected chi connectivity index (χ2v) is 6.25. The molecule has 0 atom stereocenters. The van der Waals surface area contributed by atoms with Crippen LogP contribution in [-0.2, 0) is 6.54 Å². The Morgan fingerprint density at radius 1 is 1.07 bits per heavy atom. The first-order valence-corrected chi connectivity index (χ1v) is 9.03. The number of nitrogens with zero attached hydrogens (tertiary/aromatic N) is 2. The van der Waals surface area contributed by atoms with Crippen LogP contribution in [0, 0.1) is 0 Å². The zero-order chi connectivity index (χ0) is 18.5. The highest BCUT2D eigenvalue weighted by atomic mass is 16.5. The molecule has 27 heavy (non-hydrogen) atoms. The molecule has 1 aliphatic heterocycles. The normalized spacial score (nSPS) is 13.9. The average molecular weight is 362 g/mol. The second-order valence-electron chi connectivity index (χ2n) is 6.25. The van der Waals surface area contributed by atoms with Gasteiger partial charge in [-0.1, -0.05) is 18.2 Å². The molecule has 2 aromatic carbocycles. The predicted octanol–water partition coefficient (Wildman–Crippen LogP) is 3.58. The molecule has 1 aromatic heterocycles. The van der Waals surface area contributed by atoms with Crippen molar-refractivity contribution in [1.29, 1.82) is 0 Å². The maximum Gasteiger partial charge on any atom is 0.195 e. The number of guanidine groups is 1. The Labute approximate surface area is 158 Å². The van der Waals surface area contributed by atoms with Gasteiger partial charge in [0.25, 0.3) is 0 Å². The Kier molecular flexibility index (Phi) is 5.05. The maximum atomic E-state index is 5.75. The number of benzene rings is 2. The minimum Gasteiger partial charge on any atom is -0.490 e. The van der Waals surface area contributed by atoms with Gasteiger partial charge in [-0.3, -0.25) is 9.98 Å². The summed E-state index contributed by atoms with van der Waals surface area (Å²) < 4.78 is 11.4. The molecular formula is C21H22N4O2. The Morgan fingerprint density at radius 2 is 1.93 bits per heavy atom.